The third-order valence-electron chi connectivity index (χ3n) is 4.71. The SMILES string of the molecule is CCN(CC)c1ccc(C=C2SC(=S)N(c3ccc(C)cc3C)C2=O)cc1. The lowest BCUT2D eigenvalue weighted by Crippen LogP contribution is -2.28. The van der Waals surface area contributed by atoms with Crippen LogP contribution in [-0.2, 0) is 4.79 Å². The normalized spacial score (nSPS) is 15.7. The van der Waals surface area contributed by atoms with Gasteiger partial charge in [0.05, 0.1) is 10.6 Å². The highest BCUT2D eigenvalue weighted by molar-refractivity contribution is 8.27. The minimum absolute atomic E-state index is 0.0511. The second-order valence-electron chi connectivity index (χ2n) is 6.57. The zero-order valence-corrected chi connectivity index (χ0v) is 17.8. The van der Waals surface area contributed by atoms with E-state index in [0.717, 1.165) is 29.9 Å². The fraction of sp³-hybridized carbons (Fsp3) is 0.273. The van der Waals surface area contributed by atoms with Gasteiger partial charge in [-0.1, -0.05) is 53.8 Å². The first-order valence-corrected chi connectivity index (χ1v) is 10.4. The summed E-state index contributed by atoms with van der Waals surface area (Å²) in [5.41, 5.74) is 5.29. The van der Waals surface area contributed by atoms with E-state index in [1.54, 1.807) is 4.90 Å². The number of thiocarbonyl (C=S) groups is 1. The predicted octanol–water partition coefficient (Wildman–Crippen LogP) is 5.56. The highest BCUT2D eigenvalue weighted by atomic mass is 32.2. The minimum Gasteiger partial charge on any atom is -0.372 e. The van der Waals surface area contributed by atoms with E-state index in [-0.39, 0.29) is 5.91 Å². The molecule has 3 nitrogen and oxygen atoms in total. The highest BCUT2D eigenvalue weighted by Crippen LogP contribution is 2.37. The topological polar surface area (TPSA) is 23.6 Å². The molecule has 1 heterocycles. The summed E-state index contributed by atoms with van der Waals surface area (Å²) >= 11 is 6.85. The van der Waals surface area contributed by atoms with Crippen molar-refractivity contribution in [3.05, 3.63) is 64.1 Å². The number of anilines is 2. The zero-order chi connectivity index (χ0) is 19.6. The number of nitrogens with zero attached hydrogens (tertiary/aromatic N) is 2. The number of amides is 1. The summed E-state index contributed by atoms with van der Waals surface area (Å²) in [6, 6.07) is 14.4. The van der Waals surface area contributed by atoms with Gasteiger partial charge in [-0.3, -0.25) is 9.69 Å². The Kier molecular flexibility index (Phi) is 6.02. The molecule has 0 radical (unpaired) electrons. The van der Waals surface area contributed by atoms with Gasteiger partial charge < -0.3 is 4.90 Å². The molecule has 0 N–H and O–H groups in total. The van der Waals surface area contributed by atoms with Crippen LogP contribution in [0.5, 0.6) is 0 Å². The Bertz CT molecular complexity index is 899. The summed E-state index contributed by atoms with van der Waals surface area (Å²) in [7, 11) is 0. The summed E-state index contributed by atoms with van der Waals surface area (Å²) in [6.45, 7) is 10.3. The lowest BCUT2D eigenvalue weighted by Gasteiger charge is -2.20. The van der Waals surface area contributed by atoms with E-state index in [9.17, 15) is 4.79 Å². The van der Waals surface area contributed by atoms with Gasteiger partial charge in [0.1, 0.15) is 0 Å². The molecule has 5 heteroatoms. The van der Waals surface area contributed by atoms with E-state index in [1.165, 1.54) is 23.0 Å². The van der Waals surface area contributed by atoms with Crippen LogP contribution >= 0.6 is 24.0 Å². The van der Waals surface area contributed by atoms with Crippen molar-refractivity contribution in [3.63, 3.8) is 0 Å². The van der Waals surface area contributed by atoms with Gasteiger partial charge in [-0.2, -0.15) is 0 Å². The Labute approximate surface area is 171 Å². The largest absolute Gasteiger partial charge is 0.372 e. The molecule has 1 fully saturated rings. The third kappa shape index (κ3) is 4.09. The number of thioether (sulfide) groups is 1. The maximum atomic E-state index is 13.0. The van der Waals surface area contributed by atoms with Crippen molar-refractivity contribution < 1.29 is 4.79 Å². The molecule has 3 rings (SSSR count). The first-order valence-electron chi connectivity index (χ1n) is 9.14. The Morgan fingerprint density at radius 2 is 1.74 bits per heavy atom. The highest BCUT2D eigenvalue weighted by Gasteiger charge is 2.34. The van der Waals surface area contributed by atoms with Crippen molar-refractivity contribution >= 4 is 51.7 Å². The third-order valence-corrected chi connectivity index (χ3v) is 6.01. The minimum atomic E-state index is -0.0511. The summed E-state index contributed by atoms with van der Waals surface area (Å²) in [6.07, 6.45) is 1.93. The van der Waals surface area contributed by atoms with Gasteiger partial charge in [-0.15, -0.1) is 0 Å². The molecule has 1 aliphatic heterocycles. The van der Waals surface area contributed by atoms with Gasteiger partial charge in [0.25, 0.3) is 5.91 Å². The molecule has 0 spiro atoms. The summed E-state index contributed by atoms with van der Waals surface area (Å²) < 4.78 is 0.581. The molecule has 0 aromatic heterocycles. The molecule has 0 saturated carbocycles. The maximum Gasteiger partial charge on any atom is 0.270 e. The Morgan fingerprint density at radius 1 is 1.07 bits per heavy atom. The van der Waals surface area contributed by atoms with Crippen molar-refractivity contribution in [1.82, 2.24) is 0 Å². The second kappa shape index (κ2) is 8.28. The molecule has 0 atom stereocenters. The van der Waals surface area contributed by atoms with Crippen molar-refractivity contribution in [2.75, 3.05) is 22.9 Å². The van der Waals surface area contributed by atoms with E-state index >= 15 is 0 Å². The second-order valence-corrected chi connectivity index (χ2v) is 8.25. The van der Waals surface area contributed by atoms with Crippen molar-refractivity contribution in [1.29, 1.82) is 0 Å². The van der Waals surface area contributed by atoms with Crippen LogP contribution in [0, 0.1) is 13.8 Å². The van der Waals surface area contributed by atoms with Crippen LogP contribution in [0.1, 0.15) is 30.5 Å². The average Bonchev–Trinajstić information content (AvgIpc) is 2.91. The van der Waals surface area contributed by atoms with E-state index in [0.29, 0.717) is 9.23 Å². The molecule has 1 amide bonds. The van der Waals surface area contributed by atoms with Crippen molar-refractivity contribution in [2.24, 2.45) is 0 Å². The maximum absolute atomic E-state index is 13.0. The molecule has 2 aromatic rings. The number of carbonyl (C=O) groups is 1. The summed E-state index contributed by atoms with van der Waals surface area (Å²) in [4.78, 5) is 17.6. The number of hydrogen-bond acceptors (Lipinski definition) is 4. The zero-order valence-electron chi connectivity index (χ0n) is 16.2. The van der Waals surface area contributed by atoms with E-state index in [1.807, 2.05) is 32.1 Å². The van der Waals surface area contributed by atoms with Crippen LogP contribution in [0.3, 0.4) is 0 Å². The van der Waals surface area contributed by atoms with Gasteiger partial charge in [0.2, 0.25) is 0 Å². The lowest BCUT2D eigenvalue weighted by molar-refractivity contribution is -0.113. The number of carbonyl (C=O) groups excluding carboxylic acids is 1. The van der Waals surface area contributed by atoms with Crippen molar-refractivity contribution in [2.45, 2.75) is 27.7 Å². The molecule has 1 saturated heterocycles. The smallest absolute Gasteiger partial charge is 0.270 e. The molecule has 0 aliphatic carbocycles. The number of aryl methyl sites for hydroxylation is 2. The van der Waals surface area contributed by atoms with Crippen LogP contribution in [0.15, 0.2) is 47.4 Å². The molecule has 1 aliphatic rings. The quantitative estimate of drug-likeness (QED) is 0.488. The van der Waals surface area contributed by atoms with Crippen LogP contribution < -0.4 is 9.80 Å². The molecular weight excluding hydrogens is 372 g/mol. The standard InChI is InChI=1S/C22H24N2OS2/c1-5-23(6-2)18-10-8-17(9-11-18)14-20-21(25)24(22(26)27-20)19-12-7-15(3)13-16(19)4/h7-14H,5-6H2,1-4H3. The van der Waals surface area contributed by atoms with Gasteiger partial charge in [-0.25, -0.2) is 0 Å². The molecular formula is C22H24N2OS2. The fourth-order valence-corrected chi connectivity index (χ4v) is 4.54. The van der Waals surface area contributed by atoms with E-state index in [4.69, 9.17) is 12.2 Å². The van der Waals surface area contributed by atoms with Gasteiger partial charge in [0.15, 0.2) is 4.32 Å². The van der Waals surface area contributed by atoms with Crippen LogP contribution in [0.25, 0.3) is 6.08 Å². The van der Waals surface area contributed by atoms with E-state index < -0.39 is 0 Å². The van der Waals surface area contributed by atoms with Crippen LogP contribution in [-0.4, -0.2) is 23.3 Å². The Hall–Kier alpha value is -2.11. The molecule has 2 aromatic carbocycles. The van der Waals surface area contributed by atoms with Crippen LogP contribution in [0.2, 0.25) is 0 Å². The predicted molar refractivity (Wildman–Crippen MR) is 122 cm³/mol. The fourth-order valence-electron chi connectivity index (χ4n) is 3.25. The Balaban J connectivity index is 1.86. The van der Waals surface area contributed by atoms with Gasteiger partial charge >= 0.3 is 0 Å². The molecule has 140 valence electrons. The van der Waals surface area contributed by atoms with Crippen LogP contribution in [0.4, 0.5) is 11.4 Å². The Morgan fingerprint density at radius 3 is 2.33 bits per heavy atom. The first-order chi connectivity index (χ1) is 12.9. The lowest BCUT2D eigenvalue weighted by atomic mass is 10.1. The van der Waals surface area contributed by atoms with Crippen molar-refractivity contribution in [3.8, 4) is 0 Å². The number of hydrogen-bond donors (Lipinski definition) is 0. The number of benzene rings is 2. The average molecular weight is 397 g/mol. The molecule has 27 heavy (non-hydrogen) atoms. The van der Waals surface area contributed by atoms with E-state index in [2.05, 4.69) is 49.1 Å². The molecule has 0 unspecified atom stereocenters. The van der Waals surface area contributed by atoms with Gasteiger partial charge in [0, 0.05) is 18.8 Å². The number of rotatable bonds is 5. The first kappa shape index (κ1) is 19.6. The molecule has 0 bridgehead atoms. The summed E-state index contributed by atoms with van der Waals surface area (Å²) in [5, 5.41) is 0. The summed E-state index contributed by atoms with van der Waals surface area (Å²) in [5.74, 6) is -0.0511. The van der Waals surface area contributed by atoms with Gasteiger partial charge in [-0.05, 0) is 63.1 Å². The monoisotopic (exact) mass is 396 g/mol.